The van der Waals surface area contributed by atoms with Crippen molar-refractivity contribution in [2.75, 3.05) is 12.8 Å². The van der Waals surface area contributed by atoms with Crippen molar-refractivity contribution in [3.05, 3.63) is 40.6 Å². The summed E-state index contributed by atoms with van der Waals surface area (Å²) in [7, 11) is -2.12. The molecule has 0 bridgehead atoms. The van der Waals surface area contributed by atoms with Crippen molar-refractivity contribution in [1.29, 1.82) is 0 Å². The number of hydrogen-bond donors (Lipinski definition) is 2. The van der Waals surface area contributed by atoms with E-state index in [0.717, 1.165) is 5.56 Å². The fourth-order valence-electron chi connectivity index (χ4n) is 1.55. The molecule has 0 fully saturated rings. The van der Waals surface area contributed by atoms with Gasteiger partial charge in [-0.2, -0.15) is 11.3 Å². The molecule has 5 nitrogen and oxygen atoms in total. The lowest BCUT2D eigenvalue weighted by Crippen LogP contribution is -2.23. The van der Waals surface area contributed by atoms with Crippen LogP contribution in [0.1, 0.15) is 5.56 Å². The second kappa shape index (κ2) is 5.60. The molecule has 0 saturated heterocycles. The zero-order chi connectivity index (χ0) is 13.9. The van der Waals surface area contributed by atoms with Crippen molar-refractivity contribution in [3.63, 3.8) is 0 Å². The van der Waals surface area contributed by atoms with Crippen LogP contribution >= 0.6 is 11.3 Å². The van der Waals surface area contributed by atoms with E-state index in [1.54, 1.807) is 6.07 Å². The zero-order valence-corrected chi connectivity index (χ0v) is 11.9. The Labute approximate surface area is 116 Å². The molecule has 0 radical (unpaired) electrons. The highest BCUT2D eigenvalue weighted by Crippen LogP contribution is 2.23. The van der Waals surface area contributed by atoms with Crippen LogP contribution in [0.5, 0.6) is 5.75 Å². The number of hydrogen-bond acceptors (Lipinski definition) is 5. The first kappa shape index (κ1) is 13.9. The summed E-state index contributed by atoms with van der Waals surface area (Å²) in [6, 6.07) is 6.35. The van der Waals surface area contributed by atoms with Crippen molar-refractivity contribution in [1.82, 2.24) is 4.72 Å². The number of nitrogens with one attached hydrogen (secondary N) is 1. The number of rotatable bonds is 5. The number of nitrogens with two attached hydrogens (primary N) is 1. The van der Waals surface area contributed by atoms with Gasteiger partial charge in [0, 0.05) is 12.6 Å². The van der Waals surface area contributed by atoms with Gasteiger partial charge in [0.1, 0.15) is 10.6 Å². The minimum Gasteiger partial charge on any atom is -0.497 e. The fourth-order valence-corrected chi connectivity index (χ4v) is 3.34. The fraction of sp³-hybridized carbons (Fsp3) is 0.167. The van der Waals surface area contributed by atoms with Gasteiger partial charge < -0.3 is 10.5 Å². The molecule has 0 atom stereocenters. The molecule has 1 heterocycles. The van der Waals surface area contributed by atoms with Crippen molar-refractivity contribution < 1.29 is 13.2 Å². The van der Waals surface area contributed by atoms with E-state index in [-0.39, 0.29) is 17.1 Å². The molecule has 0 aliphatic heterocycles. The highest BCUT2D eigenvalue weighted by Gasteiger charge is 2.17. The molecule has 7 heteroatoms. The van der Waals surface area contributed by atoms with Crippen LogP contribution in [0, 0.1) is 0 Å². The normalized spacial score (nSPS) is 11.4. The Morgan fingerprint density at radius 2 is 2.16 bits per heavy atom. The van der Waals surface area contributed by atoms with Gasteiger partial charge in [-0.1, -0.05) is 0 Å². The van der Waals surface area contributed by atoms with Crippen LogP contribution in [0.3, 0.4) is 0 Å². The average Bonchev–Trinajstić information content (AvgIpc) is 2.89. The standard InChI is InChI=1S/C12H14N2O3S2/c1-17-10-2-3-12(11(13)6-10)19(15,16)14-7-9-4-5-18-8-9/h2-6,8,14H,7,13H2,1H3. The second-order valence-corrected chi connectivity index (χ2v) is 6.38. The highest BCUT2D eigenvalue weighted by atomic mass is 32.2. The number of sulfonamides is 1. The lowest BCUT2D eigenvalue weighted by Gasteiger charge is -2.09. The third-order valence-corrected chi connectivity index (χ3v) is 4.76. The third-order valence-electron chi connectivity index (χ3n) is 2.55. The molecule has 102 valence electrons. The van der Waals surface area contributed by atoms with Gasteiger partial charge in [-0.15, -0.1) is 0 Å². The summed E-state index contributed by atoms with van der Waals surface area (Å²) in [6.07, 6.45) is 0. The van der Waals surface area contributed by atoms with Crippen molar-refractivity contribution in [2.45, 2.75) is 11.4 Å². The minimum absolute atomic E-state index is 0.0588. The van der Waals surface area contributed by atoms with Crippen molar-refractivity contribution in [2.24, 2.45) is 0 Å². The molecule has 19 heavy (non-hydrogen) atoms. The SMILES string of the molecule is COc1ccc(S(=O)(=O)NCc2ccsc2)c(N)c1. The van der Waals surface area contributed by atoms with Gasteiger partial charge in [-0.3, -0.25) is 0 Å². The van der Waals surface area contributed by atoms with E-state index < -0.39 is 10.0 Å². The summed E-state index contributed by atoms with van der Waals surface area (Å²) >= 11 is 1.52. The Bertz CT molecular complexity index is 652. The summed E-state index contributed by atoms with van der Waals surface area (Å²) in [4.78, 5) is 0.0588. The molecule has 2 rings (SSSR count). The Morgan fingerprint density at radius 3 is 2.74 bits per heavy atom. The second-order valence-electron chi connectivity index (χ2n) is 3.86. The predicted molar refractivity (Wildman–Crippen MR) is 75.8 cm³/mol. The first-order valence-corrected chi connectivity index (χ1v) is 7.90. The maximum Gasteiger partial charge on any atom is 0.242 e. The van der Waals surface area contributed by atoms with Gasteiger partial charge in [0.05, 0.1) is 12.8 Å². The van der Waals surface area contributed by atoms with Crippen LogP contribution < -0.4 is 15.2 Å². The van der Waals surface area contributed by atoms with E-state index in [4.69, 9.17) is 10.5 Å². The van der Waals surface area contributed by atoms with Crippen molar-refractivity contribution >= 4 is 27.0 Å². The Hall–Kier alpha value is -1.57. The maximum absolute atomic E-state index is 12.1. The van der Waals surface area contributed by atoms with E-state index in [1.807, 2.05) is 16.8 Å². The predicted octanol–water partition coefficient (Wildman–Crippen LogP) is 1.82. The van der Waals surface area contributed by atoms with Gasteiger partial charge in [0.15, 0.2) is 0 Å². The van der Waals surface area contributed by atoms with E-state index >= 15 is 0 Å². The van der Waals surface area contributed by atoms with E-state index in [2.05, 4.69) is 4.72 Å². The van der Waals surface area contributed by atoms with Crippen LogP contribution in [0.4, 0.5) is 5.69 Å². The van der Waals surface area contributed by atoms with Crippen LogP contribution in [0.2, 0.25) is 0 Å². The summed E-state index contributed by atoms with van der Waals surface area (Å²) in [5, 5.41) is 3.78. The number of anilines is 1. The topological polar surface area (TPSA) is 81.4 Å². The van der Waals surface area contributed by atoms with Gasteiger partial charge in [0.25, 0.3) is 0 Å². The first-order valence-electron chi connectivity index (χ1n) is 5.47. The summed E-state index contributed by atoms with van der Waals surface area (Å²) < 4.78 is 31.7. The molecule has 0 saturated carbocycles. The average molecular weight is 298 g/mol. The van der Waals surface area contributed by atoms with E-state index in [9.17, 15) is 8.42 Å². The van der Waals surface area contributed by atoms with Gasteiger partial charge in [0.2, 0.25) is 10.0 Å². The van der Waals surface area contributed by atoms with Crippen LogP contribution in [-0.4, -0.2) is 15.5 Å². The van der Waals surface area contributed by atoms with E-state index in [0.29, 0.717) is 5.75 Å². The molecule has 0 aliphatic carbocycles. The lowest BCUT2D eigenvalue weighted by atomic mass is 10.3. The quantitative estimate of drug-likeness (QED) is 0.825. The number of nitrogen functional groups attached to an aromatic ring is 1. The van der Waals surface area contributed by atoms with Crippen molar-refractivity contribution in [3.8, 4) is 5.75 Å². The largest absolute Gasteiger partial charge is 0.497 e. The molecule has 2 aromatic rings. The molecule has 0 amide bonds. The highest BCUT2D eigenvalue weighted by molar-refractivity contribution is 7.89. The number of benzene rings is 1. The molecule has 0 spiro atoms. The molecule has 3 N–H and O–H groups in total. The Morgan fingerprint density at radius 1 is 1.37 bits per heavy atom. The summed E-state index contributed by atoms with van der Waals surface area (Å²) in [5.41, 5.74) is 6.82. The van der Waals surface area contributed by atoms with E-state index in [1.165, 1.54) is 30.6 Å². The molecule has 0 aliphatic rings. The van der Waals surface area contributed by atoms with Gasteiger partial charge in [-0.05, 0) is 34.5 Å². The maximum atomic E-state index is 12.1. The zero-order valence-electron chi connectivity index (χ0n) is 10.3. The number of methoxy groups -OCH3 is 1. The summed E-state index contributed by atoms with van der Waals surface area (Å²) in [5.74, 6) is 0.522. The summed E-state index contributed by atoms with van der Waals surface area (Å²) in [6.45, 7) is 0.247. The van der Waals surface area contributed by atoms with Crippen LogP contribution in [-0.2, 0) is 16.6 Å². The van der Waals surface area contributed by atoms with Gasteiger partial charge in [-0.25, -0.2) is 13.1 Å². The molecular weight excluding hydrogens is 284 g/mol. The van der Waals surface area contributed by atoms with Crippen LogP contribution in [0.25, 0.3) is 0 Å². The number of ether oxygens (including phenoxy) is 1. The van der Waals surface area contributed by atoms with Gasteiger partial charge >= 0.3 is 0 Å². The first-order chi connectivity index (χ1) is 9.03. The molecule has 0 unspecified atom stereocenters. The molecule has 1 aromatic heterocycles. The van der Waals surface area contributed by atoms with Crippen LogP contribution in [0.15, 0.2) is 39.9 Å². The molecule has 1 aromatic carbocycles. The lowest BCUT2D eigenvalue weighted by molar-refractivity contribution is 0.414. The Balaban J connectivity index is 2.19. The minimum atomic E-state index is -3.62. The smallest absolute Gasteiger partial charge is 0.242 e. The monoisotopic (exact) mass is 298 g/mol. The molecular formula is C12H14N2O3S2. The Kier molecular flexibility index (Phi) is 4.08. The third kappa shape index (κ3) is 3.25. The number of thiophene rings is 1.